The molecule has 0 aliphatic rings. The van der Waals surface area contributed by atoms with Crippen LogP contribution in [0, 0.1) is 10.8 Å². The van der Waals surface area contributed by atoms with Gasteiger partial charge in [0.1, 0.15) is 23.1 Å². The van der Waals surface area contributed by atoms with Gasteiger partial charge in [0.25, 0.3) is 0 Å². The van der Waals surface area contributed by atoms with Crippen LogP contribution in [0.2, 0.25) is 0 Å². The van der Waals surface area contributed by atoms with Crippen molar-refractivity contribution in [2.24, 2.45) is 5.92 Å². The van der Waals surface area contributed by atoms with Crippen molar-refractivity contribution in [1.29, 1.82) is 0 Å². The van der Waals surface area contributed by atoms with E-state index in [0.29, 0.717) is 30.7 Å². The highest BCUT2D eigenvalue weighted by Crippen LogP contribution is 2.13. The Balaban J connectivity index is 2.98. The van der Waals surface area contributed by atoms with Gasteiger partial charge in [0.15, 0.2) is 0 Å². The lowest BCUT2D eigenvalue weighted by Crippen LogP contribution is -2.82. The van der Waals surface area contributed by atoms with Gasteiger partial charge >= 0.3 is 5.91 Å². The van der Waals surface area contributed by atoms with Crippen LogP contribution < -0.4 is 20.9 Å². The number of rotatable bonds is 12. The Morgan fingerprint density at radius 3 is 2.41 bits per heavy atom. The number of para-hydroxylation sites is 1. The Labute approximate surface area is 163 Å². The van der Waals surface area contributed by atoms with Gasteiger partial charge in [0.2, 0.25) is 12.3 Å². The first-order valence-electron chi connectivity index (χ1n) is 8.70. The highest BCUT2D eigenvalue weighted by atomic mass is 32.2. The standard InChI is InChI=1S/C18H26N4O4S/c1-13(2)11-16(20-17(24)15(19-12-23)9-10-27-3)18(25)22(21-26)14-7-5-4-6-8-14/h4-8,12-13,15-16H,9-11H2,1-3H3,(H,19,23)(H,20,24)/p+1/t15-,16-/m0/s1. The molecule has 3 N–H and O–H groups in total. The van der Waals surface area contributed by atoms with Crippen LogP contribution in [0.5, 0.6) is 0 Å². The van der Waals surface area contributed by atoms with Gasteiger partial charge in [-0.25, -0.2) is 0 Å². The molecule has 0 aliphatic heterocycles. The minimum atomic E-state index is -0.899. The second-order valence-electron chi connectivity index (χ2n) is 6.41. The fourth-order valence-corrected chi connectivity index (χ4v) is 3.00. The molecular formula is C18H27N4O4S+. The van der Waals surface area contributed by atoms with Crippen molar-refractivity contribution in [3.05, 3.63) is 35.2 Å². The molecule has 0 unspecified atom stereocenters. The Morgan fingerprint density at radius 2 is 1.89 bits per heavy atom. The number of anilines is 1. The Kier molecular flexibility index (Phi) is 10.1. The highest BCUT2D eigenvalue weighted by molar-refractivity contribution is 7.98. The SMILES string of the molecule is CSCC[C@H](NC=O)C(=O)N[C@@H](CC(C)C)C(=O)N([NH+]=O)c1ccccc1. The van der Waals surface area contributed by atoms with Crippen LogP contribution in [0.3, 0.4) is 0 Å². The maximum absolute atomic E-state index is 12.9. The molecule has 0 saturated heterocycles. The number of hydrogen-bond donors (Lipinski definition) is 3. The van der Waals surface area contributed by atoms with E-state index in [1.165, 1.54) is 0 Å². The molecule has 3 amide bonds. The van der Waals surface area contributed by atoms with E-state index >= 15 is 0 Å². The van der Waals surface area contributed by atoms with Crippen molar-refractivity contribution >= 4 is 35.7 Å². The lowest BCUT2D eigenvalue weighted by Gasteiger charge is -2.23. The summed E-state index contributed by atoms with van der Waals surface area (Å²) >= 11 is 1.55. The van der Waals surface area contributed by atoms with Crippen LogP contribution >= 0.6 is 11.8 Å². The minimum absolute atomic E-state index is 0.104. The molecule has 0 aromatic heterocycles. The first-order valence-corrected chi connectivity index (χ1v) is 10.1. The van der Waals surface area contributed by atoms with Crippen LogP contribution in [0.1, 0.15) is 26.7 Å². The lowest BCUT2D eigenvalue weighted by molar-refractivity contribution is -0.485. The van der Waals surface area contributed by atoms with Gasteiger partial charge in [0, 0.05) is 4.91 Å². The summed E-state index contributed by atoms with van der Waals surface area (Å²) in [5.41, 5.74) is 0.380. The summed E-state index contributed by atoms with van der Waals surface area (Å²) in [5, 5.41) is 7.68. The molecule has 27 heavy (non-hydrogen) atoms. The van der Waals surface area contributed by atoms with E-state index in [4.69, 9.17) is 0 Å². The Hall–Kier alpha value is -2.42. The number of nitrogens with zero attached hydrogens (tertiary/aromatic N) is 1. The van der Waals surface area contributed by atoms with Crippen LogP contribution in [0.15, 0.2) is 30.3 Å². The molecule has 8 nitrogen and oxygen atoms in total. The van der Waals surface area contributed by atoms with Crippen LogP contribution in [-0.4, -0.2) is 42.3 Å². The number of benzene rings is 1. The minimum Gasteiger partial charge on any atom is -0.347 e. The van der Waals surface area contributed by atoms with Crippen molar-refractivity contribution in [1.82, 2.24) is 10.6 Å². The molecule has 0 spiro atoms. The normalized spacial score (nSPS) is 12.7. The van der Waals surface area contributed by atoms with Gasteiger partial charge in [-0.2, -0.15) is 11.8 Å². The van der Waals surface area contributed by atoms with Gasteiger partial charge < -0.3 is 10.6 Å². The third-order valence-corrected chi connectivity index (χ3v) is 4.49. The molecule has 1 aromatic carbocycles. The number of hydrazine groups is 1. The zero-order valence-electron chi connectivity index (χ0n) is 15.8. The number of carbonyl (C=O) groups is 3. The first kappa shape index (κ1) is 22.6. The number of carbonyl (C=O) groups excluding carboxylic acids is 3. The van der Waals surface area contributed by atoms with E-state index in [-0.39, 0.29) is 5.92 Å². The summed E-state index contributed by atoms with van der Waals surface area (Å²) < 4.78 is 0. The summed E-state index contributed by atoms with van der Waals surface area (Å²) in [5.74, 6) is -0.228. The highest BCUT2D eigenvalue weighted by Gasteiger charge is 2.33. The van der Waals surface area contributed by atoms with E-state index < -0.39 is 23.9 Å². The largest absolute Gasteiger partial charge is 0.347 e. The molecule has 0 heterocycles. The van der Waals surface area contributed by atoms with Gasteiger partial charge in [0.05, 0.1) is 0 Å². The van der Waals surface area contributed by atoms with E-state index in [9.17, 15) is 19.3 Å². The van der Waals surface area contributed by atoms with E-state index in [1.807, 2.05) is 20.1 Å². The molecule has 9 heteroatoms. The average molecular weight is 396 g/mol. The van der Waals surface area contributed by atoms with E-state index in [1.54, 1.807) is 47.4 Å². The predicted molar refractivity (Wildman–Crippen MR) is 106 cm³/mol. The van der Waals surface area contributed by atoms with Crippen LogP contribution in [-0.2, 0) is 14.4 Å². The van der Waals surface area contributed by atoms with Crippen molar-refractivity contribution in [2.75, 3.05) is 17.0 Å². The predicted octanol–water partition coefficient (Wildman–Crippen LogP) is 0.180. The third-order valence-electron chi connectivity index (χ3n) is 3.84. The van der Waals surface area contributed by atoms with Crippen molar-refractivity contribution in [3.63, 3.8) is 0 Å². The van der Waals surface area contributed by atoms with Crippen LogP contribution in [0.4, 0.5) is 5.69 Å². The number of hydrogen-bond acceptors (Lipinski definition) is 5. The molecule has 0 bridgehead atoms. The molecule has 0 saturated carbocycles. The van der Waals surface area contributed by atoms with Gasteiger partial charge in [-0.1, -0.05) is 32.0 Å². The molecule has 0 fully saturated rings. The van der Waals surface area contributed by atoms with Crippen LogP contribution in [0.25, 0.3) is 0 Å². The molecular weight excluding hydrogens is 368 g/mol. The fourth-order valence-electron chi connectivity index (χ4n) is 2.53. The van der Waals surface area contributed by atoms with Crippen molar-refractivity contribution < 1.29 is 19.7 Å². The van der Waals surface area contributed by atoms with Gasteiger partial charge in [-0.3, -0.25) is 14.4 Å². The second kappa shape index (κ2) is 12.1. The molecule has 1 aromatic rings. The Bertz CT molecular complexity index is 627. The third kappa shape index (κ3) is 7.38. The quantitative estimate of drug-likeness (QED) is 0.346. The monoisotopic (exact) mass is 395 g/mol. The van der Waals surface area contributed by atoms with E-state index in [2.05, 4.69) is 10.6 Å². The number of amides is 3. The number of nitrogens with one attached hydrogen (secondary N) is 3. The smallest absolute Gasteiger partial charge is 0.309 e. The van der Waals surface area contributed by atoms with Crippen molar-refractivity contribution in [2.45, 2.75) is 38.8 Å². The molecule has 1 rings (SSSR count). The topological polar surface area (TPSA) is 110 Å². The maximum atomic E-state index is 12.9. The summed E-state index contributed by atoms with van der Waals surface area (Å²) in [7, 11) is 0. The van der Waals surface area contributed by atoms with Gasteiger partial charge in [-0.15, -0.1) is 0 Å². The maximum Gasteiger partial charge on any atom is 0.309 e. The number of thioether (sulfide) groups is 1. The Morgan fingerprint density at radius 1 is 1.22 bits per heavy atom. The summed E-state index contributed by atoms with van der Waals surface area (Å²) in [6.07, 6.45) is 3.17. The summed E-state index contributed by atoms with van der Waals surface area (Å²) in [6, 6.07) is 6.78. The second-order valence-corrected chi connectivity index (χ2v) is 7.40. The fraction of sp³-hybridized carbons (Fsp3) is 0.500. The summed E-state index contributed by atoms with van der Waals surface area (Å²) in [6.45, 7) is 3.83. The van der Waals surface area contributed by atoms with Gasteiger partial charge in [-0.05, 0) is 47.9 Å². The lowest BCUT2D eigenvalue weighted by atomic mass is 10.0. The molecule has 0 aliphatic carbocycles. The van der Waals surface area contributed by atoms with Crippen molar-refractivity contribution in [3.8, 4) is 0 Å². The van der Waals surface area contributed by atoms with E-state index in [0.717, 1.165) is 5.01 Å². The molecule has 148 valence electrons. The molecule has 0 radical (unpaired) electrons. The first-order chi connectivity index (χ1) is 12.9. The zero-order chi connectivity index (χ0) is 20.2. The summed E-state index contributed by atoms with van der Waals surface area (Å²) in [4.78, 5) is 47.7. The zero-order valence-corrected chi connectivity index (χ0v) is 16.6. The average Bonchev–Trinajstić information content (AvgIpc) is 2.65. The number of nitroso groups, excluding NO2 is 1. The molecule has 2 atom stereocenters.